The maximum atomic E-state index is 13.4. The summed E-state index contributed by atoms with van der Waals surface area (Å²) in [6.45, 7) is 10.7. The molecule has 0 saturated carbocycles. The molecule has 6 heteroatoms. The van der Waals surface area contributed by atoms with Crippen LogP contribution in [-0.4, -0.2) is 28.1 Å². The van der Waals surface area contributed by atoms with Gasteiger partial charge in [-0.1, -0.05) is 55.4 Å². The molecule has 6 nitrogen and oxygen atoms in total. The Labute approximate surface area is 236 Å². The van der Waals surface area contributed by atoms with Crippen LogP contribution in [0.3, 0.4) is 0 Å². The highest BCUT2D eigenvalue weighted by Crippen LogP contribution is 2.40. The molecule has 0 atom stereocenters. The fraction of sp³-hybridized carbons (Fsp3) is 0.265. The molecule has 0 spiro atoms. The van der Waals surface area contributed by atoms with E-state index >= 15 is 0 Å². The Bertz CT molecular complexity index is 1360. The highest BCUT2D eigenvalue weighted by molar-refractivity contribution is 6.08. The number of anilines is 2. The van der Waals surface area contributed by atoms with Crippen molar-refractivity contribution < 1.29 is 24.6 Å². The van der Waals surface area contributed by atoms with Crippen LogP contribution in [0.5, 0.6) is 0 Å². The normalized spacial score (nSPS) is 16.0. The van der Waals surface area contributed by atoms with Crippen molar-refractivity contribution in [3.8, 4) is 0 Å². The fourth-order valence-corrected chi connectivity index (χ4v) is 4.85. The Hall–Kier alpha value is -4.45. The van der Waals surface area contributed by atoms with Crippen molar-refractivity contribution in [2.75, 3.05) is 4.90 Å². The summed E-state index contributed by atoms with van der Waals surface area (Å²) in [5, 5.41) is 18.5. The maximum Gasteiger partial charge on any atom is 0.335 e. The van der Waals surface area contributed by atoms with Crippen LogP contribution in [0.25, 0.3) is 0 Å². The summed E-state index contributed by atoms with van der Waals surface area (Å²) in [7, 11) is 0. The molecule has 208 valence electrons. The van der Waals surface area contributed by atoms with Crippen molar-refractivity contribution >= 4 is 29.2 Å². The van der Waals surface area contributed by atoms with E-state index < -0.39 is 11.9 Å². The molecule has 0 heterocycles. The van der Waals surface area contributed by atoms with Crippen LogP contribution >= 0.6 is 0 Å². The third-order valence-electron chi connectivity index (χ3n) is 7.09. The van der Waals surface area contributed by atoms with Gasteiger partial charge in [-0.25, -0.2) is 9.59 Å². The Morgan fingerprint density at radius 3 is 1.82 bits per heavy atom. The lowest BCUT2D eigenvalue weighted by atomic mass is 9.72. The molecule has 2 aromatic carbocycles. The van der Waals surface area contributed by atoms with E-state index in [0.29, 0.717) is 11.4 Å². The summed E-state index contributed by atoms with van der Waals surface area (Å²) < 4.78 is 0. The maximum absolute atomic E-state index is 13.4. The van der Waals surface area contributed by atoms with Crippen molar-refractivity contribution in [2.24, 2.45) is 5.41 Å². The lowest BCUT2D eigenvalue weighted by Crippen LogP contribution is -2.24. The predicted molar refractivity (Wildman–Crippen MR) is 160 cm³/mol. The van der Waals surface area contributed by atoms with Gasteiger partial charge in [0.1, 0.15) is 0 Å². The van der Waals surface area contributed by atoms with Crippen LogP contribution in [-0.2, 0) is 4.79 Å². The Kier molecular flexibility index (Phi) is 9.83. The van der Waals surface area contributed by atoms with Gasteiger partial charge in [-0.15, -0.1) is 0 Å². The summed E-state index contributed by atoms with van der Waals surface area (Å²) in [6, 6.07) is 11.9. The molecule has 2 aromatic rings. The quantitative estimate of drug-likeness (QED) is 0.247. The summed E-state index contributed by atoms with van der Waals surface area (Å²) in [5.41, 5.74) is 5.98. The Morgan fingerprint density at radius 2 is 1.35 bits per heavy atom. The second-order valence-corrected chi connectivity index (χ2v) is 10.8. The zero-order valence-electron chi connectivity index (χ0n) is 23.8. The summed E-state index contributed by atoms with van der Waals surface area (Å²) in [6.07, 6.45) is 15.2. The van der Waals surface area contributed by atoms with Crippen molar-refractivity contribution in [3.63, 3.8) is 0 Å². The SMILES string of the molecule is CC1=C(/C=C/C(C)=C/C=C/C(C)=C/C(=O)N(c2ccc(C(=O)O)cc2)c2ccc(C(=O)O)cc2)C(C)(C)CCC1. The summed E-state index contributed by atoms with van der Waals surface area (Å²) >= 11 is 0. The first-order chi connectivity index (χ1) is 18.9. The molecule has 0 fully saturated rings. The van der Waals surface area contributed by atoms with Gasteiger partial charge < -0.3 is 10.2 Å². The van der Waals surface area contributed by atoms with E-state index in [4.69, 9.17) is 0 Å². The van der Waals surface area contributed by atoms with E-state index in [1.807, 2.05) is 32.1 Å². The number of hydrogen-bond acceptors (Lipinski definition) is 3. The van der Waals surface area contributed by atoms with Gasteiger partial charge in [-0.3, -0.25) is 9.69 Å². The van der Waals surface area contributed by atoms with Gasteiger partial charge in [0.25, 0.3) is 5.91 Å². The third-order valence-corrected chi connectivity index (χ3v) is 7.09. The number of rotatable bonds is 9. The molecule has 0 aliphatic heterocycles. The number of amides is 1. The number of aromatic carboxylic acids is 2. The molecular formula is C34H37NO5. The highest BCUT2D eigenvalue weighted by atomic mass is 16.4. The standard InChI is InChI=1S/C34H37NO5/c1-23(11-20-30-25(3)10-7-21-34(30,4)5)8-6-9-24(2)22-31(36)35(28-16-12-26(13-17-28)32(37)38)29-18-14-27(15-19-29)33(39)40/h6,8-9,11-20,22H,7,10,21H2,1-5H3,(H,37,38)(H,39,40)/b9-6+,20-11+,23-8+,24-22+. The van der Waals surface area contributed by atoms with E-state index in [1.54, 1.807) is 24.3 Å². The summed E-state index contributed by atoms with van der Waals surface area (Å²) in [4.78, 5) is 37.4. The predicted octanol–water partition coefficient (Wildman–Crippen LogP) is 8.28. The first-order valence-electron chi connectivity index (χ1n) is 13.3. The van der Waals surface area contributed by atoms with Crippen LogP contribution in [0.2, 0.25) is 0 Å². The molecule has 2 N–H and O–H groups in total. The molecule has 0 unspecified atom stereocenters. The Morgan fingerprint density at radius 1 is 0.825 bits per heavy atom. The Balaban J connectivity index is 1.82. The largest absolute Gasteiger partial charge is 0.478 e. The minimum Gasteiger partial charge on any atom is -0.478 e. The van der Waals surface area contributed by atoms with E-state index in [0.717, 1.165) is 17.6 Å². The van der Waals surface area contributed by atoms with Crippen molar-refractivity contribution in [1.29, 1.82) is 0 Å². The average molecular weight is 540 g/mol. The fourth-order valence-electron chi connectivity index (χ4n) is 4.85. The zero-order chi connectivity index (χ0) is 29.4. The second-order valence-electron chi connectivity index (χ2n) is 10.8. The van der Waals surface area contributed by atoms with Crippen molar-refractivity contribution in [2.45, 2.75) is 53.9 Å². The number of benzene rings is 2. The van der Waals surface area contributed by atoms with Crippen molar-refractivity contribution in [1.82, 2.24) is 0 Å². The molecule has 1 aliphatic carbocycles. The van der Waals surface area contributed by atoms with Crippen LogP contribution in [0.4, 0.5) is 11.4 Å². The average Bonchev–Trinajstić information content (AvgIpc) is 2.88. The molecular weight excluding hydrogens is 502 g/mol. The van der Waals surface area contributed by atoms with Crippen LogP contribution < -0.4 is 4.90 Å². The minimum absolute atomic E-state index is 0.0988. The van der Waals surface area contributed by atoms with E-state index in [2.05, 4.69) is 32.9 Å². The molecule has 0 aromatic heterocycles. The molecule has 0 saturated heterocycles. The monoisotopic (exact) mass is 539 g/mol. The van der Waals surface area contributed by atoms with E-state index in [9.17, 15) is 24.6 Å². The minimum atomic E-state index is -1.07. The van der Waals surface area contributed by atoms with Gasteiger partial charge in [-0.05, 0) is 105 Å². The van der Waals surface area contributed by atoms with E-state index in [1.165, 1.54) is 59.2 Å². The molecule has 0 bridgehead atoms. The number of carboxylic acid groups (broad SMARTS) is 2. The van der Waals surface area contributed by atoms with Gasteiger partial charge in [0.05, 0.1) is 11.1 Å². The van der Waals surface area contributed by atoms with Gasteiger partial charge >= 0.3 is 11.9 Å². The van der Waals surface area contributed by atoms with Gasteiger partial charge in [-0.2, -0.15) is 0 Å². The smallest absolute Gasteiger partial charge is 0.335 e. The molecule has 0 radical (unpaired) electrons. The number of allylic oxidation sites excluding steroid dienone is 9. The lowest BCUT2D eigenvalue weighted by Gasteiger charge is -2.32. The third kappa shape index (κ3) is 7.79. The molecule has 1 amide bonds. The number of carbonyl (C=O) groups is 3. The van der Waals surface area contributed by atoms with Gasteiger partial charge in [0.2, 0.25) is 0 Å². The van der Waals surface area contributed by atoms with Gasteiger partial charge in [0, 0.05) is 17.5 Å². The van der Waals surface area contributed by atoms with E-state index in [-0.39, 0.29) is 22.4 Å². The van der Waals surface area contributed by atoms with Crippen LogP contribution in [0, 0.1) is 5.41 Å². The zero-order valence-corrected chi connectivity index (χ0v) is 23.8. The number of carboxylic acids is 2. The first kappa shape index (κ1) is 30.1. The van der Waals surface area contributed by atoms with Crippen molar-refractivity contribution in [3.05, 3.63) is 118 Å². The van der Waals surface area contributed by atoms with Crippen LogP contribution in [0.15, 0.2) is 107 Å². The summed E-state index contributed by atoms with van der Waals surface area (Å²) in [5.74, 6) is -2.48. The number of nitrogens with zero attached hydrogens (tertiary/aromatic N) is 1. The lowest BCUT2D eigenvalue weighted by molar-refractivity contribution is -0.113. The molecule has 1 aliphatic rings. The highest BCUT2D eigenvalue weighted by Gasteiger charge is 2.26. The van der Waals surface area contributed by atoms with Crippen LogP contribution in [0.1, 0.15) is 74.6 Å². The topological polar surface area (TPSA) is 94.9 Å². The molecule has 3 rings (SSSR count). The number of carbonyl (C=O) groups excluding carboxylic acids is 1. The van der Waals surface area contributed by atoms with Gasteiger partial charge in [0.15, 0.2) is 0 Å². The first-order valence-corrected chi connectivity index (χ1v) is 13.3. The molecule has 40 heavy (non-hydrogen) atoms. The number of hydrogen-bond donors (Lipinski definition) is 2. The second kappa shape index (κ2) is 13.1.